The molecule has 88 valence electrons. The van der Waals surface area contributed by atoms with Crippen molar-refractivity contribution in [1.82, 2.24) is 14.5 Å². The molecule has 0 saturated carbocycles. The molecule has 3 rings (SSSR count). The van der Waals surface area contributed by atoms with Crippen LogP contribution in [0.3, 0.4) is 0 Å². The minimum absolute atomic E-state index is 0.518. The Balaban J connectivity index is 1.76. The van der Waals surface area contributed by atoms with E-state index in [1.54, 1.807) is 0 Å². The lowest BCUT2D eigenvalue weighted by molar-refractivity contribution is 0.185. The molecule has 0 spiro atoms. The van der Waals surface area contributed by atoms with Crippen LogP contribution in [0, 0.1) is 0 Å². The van der Waals surface area contributed by atoms with Gasteiger partial charge in [-0.15, -0.1) is 0 Å². The molecule has 0 fully saturated rings. The summed E-state index contributed by atoms with van der Waals surface area (Å²) in [4.78, 5) is 6.72. The highest BCUT2D eigenvalue weighted by atomic mass is 15.2. The number of hydrogen-bond donors (Lipinski definition) is 0. The van der Waals surface area contributed by atoms with Crippen LogP contribution in [0.4, 0.5) is 0 Å². The SMILES string of the molecule is CC1CN(Cc2ccccc2)Cc2cncn21. The molecule has 2 aromatic rings. The number of nitrogens with zero attached hydrogens (tertiary/aromatic N) is 3. The molecule has 3 nitrogen and oxygen atoms in total. The molecule has 0 amide bonds. The van der Waals surface area contributed by atoms with Crippen molar-refractivity contribution in [3.63, 3.8) is 0 Å². The number of hydrogen-bond acceptors (Lipinski definition) is 2. The summed E-state index contributed by atoms with van der Waals surface area (Å²) in [6, 6.07) is 11.2. The van der Waals surface area contributed by atoms with E-state index in [-0.39, 0.29) is 0 Å². The second kappa shape index (κ2) is 4.34. The average molecular weight is 227 g/mol. The normalized spacial score (nSPS) is 20.2. The van der Waals surface area contributed by atoms with Gasteiger partial charge in [0, 0.05) is 31.9 Å². The van der Waals surface area contributed by atoms with Gasteiger partial charge >= 0.3 is 0 Å². The number of benzene rings is 1. The maximum absolute atomic E-state index is 4.23. The molecule has 0 radical (unpaired) electrons. The molecule has 0 N–H and O–H groups in total. The fourth-order valence-corrected chi connectivity index (χ4v) is 2.57. The number of fused-ring (bicyclic) bond motifs is 1. The van der Waals surface area contributed by atoms with Gasteiger partial charge in [-0.1, -0.05) is 30.3 Å². The van der Waals surface area contributed by atoms with Gasteiger partial charge in [0.05, 0.1) is 12.0 Å². The predicted molar refractivity (Wildman–Crippen MR) is 67.5 cm³/mol. The average Bonchev–Trinajstić information content (AvgIpc) is 2.79. The quantitative estimate of drug-likeness (QED) is 0.786. The van der Waals surface area contributed by atoms with Gasteiger partial charge in [-0.3, -0.25) is 4.90 Å². The Kier molecular flexibility index (Phi) is 2.69. The Hall–Kier alpha value is -1.61. The topological polar surface area (TPSA) is 21.1 Å². The molecule has 0 saturated heterocycles. The zero-order valence-corrected chi connectivity index (χ0v) is 10.1. The van der Waals surface area contributed by atoms with Gasteiger partial charge in [0.2, 0.25) is 0 Å². The van der Waals surface area contributed by atoms with Crippen LogP contribution in [0.5, 0.6) is 0 Å². The molecule has 1 aliphatic heterocycles. The Morgan fingerprint density at radius 1 is 1.29 bits per heavy atom. The van der Waals surface area contributed by atoms with Crippen molar-refractivity contribution in [3.05, 3.63) is 54.1 Å². The summed E-state index contributed by atoms with van der Waals surface area (Å²) < 4.78 is 2.28. The minimum atomic E-state index is 0.518. The van der Waals surface area contributed by atoms with Crippen LogP contribution in [0.2, 0.25) is 0 Å². The standard InChI is InChI=1S/C14H17N3/c1-12-8-16(9-13-5-3-2-4-6-13)10-14-7-15-11-17(12)14/h2-7,11-12H,8-10H2,1H3. The summed E-state index contributed by atoms with van der Waals surface area (Å²) >= 11 is 0. The monoisotopic (exact) mass is 227 g/mol. The van der Waals surface area contributed by atoms with Crippen molar-refractivity contribution in [2.45, 2.75) is 26.1 Å². The molecule has 1 unspecified atom stereocenters. The van der Waals surface area contributed by atoms with Crippen molar-refractivity contribution in [1.29, 1.82) is 0 Å². The third-order valence-corrected chi connectivity index (χ3v) is 3.38. The Bertz CT molecular complexity index is 489. The zero-order chi connectivity index (χ0) is 11.7. The van der Waals surface area contributed by atoms with E-state index in [1.165, 1.54) is 11.3 Å². The second-order valence-corrected chi connectivity index (χ2v) is 4.80. The van der Waals surface area contributed by atoms with Crippen LogP contribution in [0.25, 0.3) is 0 Å². The fraction of sp³-hybridized carbons (Fsp3) is 0.357. The van der Waals surface area contributed by atoms with Gasteiger partial charge in [0.1, 0.15) is 0 Å². The number of imidazole rings is 1. The Labute approximate surface area is 102 Å². The lowest BCUT2D eigenvalue weighted by Gasteiger charge is -2.32. The van der Waals surface area contributed by atoms with Gasteiger partial charge in [-0.05, 0) is 12.5 Å². The van der Waals surface area contributed by atoms with E-state index in [9.17, 15) is 0 Å². The first-order valence-electron chi connectivity index (χ1n) is 6.10. The number of rotatable bonds is 2. The first-order valence-corrected chi connectivity index (χ1v) is 6.10. The van der Waals surface area contributed by atoms with E-state index in [2.05, 4.69) is 51.7 Å². The Morgan fingerprint density at radius 3 is 2.94 bits per heavy atom. The van der Waals surface area contributed by atoms with Gasteiger partial charge in [0.15, 0.2) is 0 Å². The molecule has 2 heterocycles. The second-order valence-electron chi connectivity index (χ2n) is 4.80. The van der Waals surface area contributed by atoms with E-state index in [4.69, 9.17) is 0 Å². The first-order chi connectivity index (χ1) is 8.33. The largest absolute Gasteiger partial charge is 0.329 e. The molecule has 0 bridgehead atoms. The molecular formula is C14H17N3. The van der Waals surface area contributed by atoms with Crippen LogP contribution in [-0.4, -0.2) is 21.0 Å². The summed E-state index contributed by atoms with van der Waals surface area (Å²) in [6.07, 6.45) is 3.92. The summed E-state index contributed by atoms with van der Waals surface area (Å²) in [7, 11) is 0. The molecule has 1 aromatic carbocycles. The number of aromatic nitrogens is 2. The fourth-order valence-electron chi connectivity index (χ4n) is 2.57. The molecule has 17 heavy (non-hydrogen) atoms. The summed E-state index contributed by atoms with van der Waals surface area (Å²) in [5.41, 5.74) is 2.70. The molecule has 0 aliphatic carbocycles. The van der Waals surface area contributed by atoms with Crippen LogP contribution < -0.4 is 0 Å². The molecule has 1 aliphatic rings. The van der Waals surface area contributed by atoms with E-state index >= 15 is 0 Å². The van der Waals surface area contributed by atoms with Crippen LogP contribution in [0.15, 0.2) is 42.9 Å². The molecule has 1 aromatic heterocycles. The molecule has 3 heteroatoms. The predicted octanol–water partition coefficient (Wildman–Crippen LogP) is 2.46. The Morgan fingerprint density at radius 2 is 2.12 bits per heavy atom. The van der Waals surface area contributed by atoms with Crippen molar-refractivity contribution >= 4 is 0 Å². The van der Waals surface area contributed by atoms with Crippen molar-refractivity contribution in [3.8, 4) is 0 Å². The maximum Gasteiger partial charge on any atom is 0.0951 e. The highest BCUT2D eigenvalue weighted by molar-refractivity contribution is 5.15. The summed E-state index contributed by atoms with van der Waals surface area (Å²) in [5, 5.41) is 0. The van der Waals surface area contributed by atoms with Gasteiger partial charge in [0.25, 0.3) is 0 Å². The highest BCUT2D eigenvalue weighted by Gasteiger charge is 2.21. The van der Waals surface area contributed by atoms with E-state index in [1.807, 2.05) is 12.5 Å². The third kappa shape index (κ3) is 2.11. The maximum atomic E-state index is 4.23. The van der Waals surface area contributed by atoms with Gasteiger partial charge in [-0.25, -0.2) is 4.98 Å². The first kappa shape index (κ1) is 10.5. The molecule has 1 atom stereocenters. The minimum Gasteiger partial charge on any atom is -0.329 e. The highest BCUT2D eigenvalue weighted by Crippen LogP contribution is 2.21. The lowest BCUT2D eigenvalue weighted by Crippen LogP contribution is -2.35. The molecular weight excluding hydrogens is 210 g/mol. The van der Waals surface area contributed by atoms with E-state index in [0.29, 0.717) is 6.04 Å². The van der Waals surface area contributed by atoms with Gasteiger partial charge in [-0.2, -0.15) is 0 Å². The van der Waals surface area contributed by atoms with E-state index < -0.39 is 0 Å². The van der Waals surface area contributed by atoms with Crippen molar-refractivity contribution in [2.24, 2.45) is 0 Å². The van der Waals surface area contributed by atoms with Crippen LogP contribution in [-0.2, 0) is 13.1 Å². The lowest BCUT2D eigenvalue weighted by atomic mass is 10.1. The van der Waals surface area contributed by atoms with E-state index in [0.717, 1.165) is 19.6 Å². The van der Waals surface area contributed by atoms with Crippen LogP contribution in [0.1, 0.15) is 24.2 Å². The third-order valence-electron chi connectivity index (χ3n) is 3.38. The van der Waals surface area contributed by atoms with Gasteiger partial charge < -0.3 is 4.57 Å². The summed E-state index contributed by atoms with van der Waals surface area (Å²) in [5.74, 6) is 0. The zero-order valence-electron chi connectivity index (χ0n) is 10.1. The smallest absolute Gasteiger partial charge is 0.0951 e. The van der Waals surface area contributed by atoms with Crippen molar-refractivity contribution in [2.75, 3.05) is 6.54 Å². The summed E-state index contributed by atoms with van der Waals surface area (Å²) in [6.45, 7) is 5.37. The van der Waals surface area contributed by atoms with Crippen LogP contribution >= 0.6 is 0 Å². The van der Waals surface area contributed by atoms with Crippen molar-refractivity contribution < 1.29 is 0 Å².